The summed E-state index contributed by atoms with van der Waals surface area (Å²) in [6.45, 7) is 2.65. The van der Waals surface area contributed by atoms with Gasteiger partial charge in [0.2, 0.25) is 0 Å². The molecule has 0 atom stereocenters. The molecule has 3 nitrogen and oxygen atoms in total. The van der Waals surface area contributed by atoms with Crippen LogP contribution in [-0.2, 0) is 4.79 Å². The third-order valence-corrected chi connectivity index (χ3v) is 3.85. The number of hydrogen-bond donors (Lipinski definition) is 2. The van der Waals surface area contributed by atoms with Gasteiger partial charge in [0.15, 0.2) is 0 Å². The fraction of sp³-hybridized carbons (Fsp3) is 0.944. The molecule has 0 heterocycles. The number of rotatable bonds is 15. The Morgan fingerprint density at radius 2 is 1.00 bits per heavy atom. The summed E-state index contributed by atoms with van der Waals surface area (Å²) in [5.74, 6) is -1.29. The fourth-order valence-corrected chi connectivity index (χ4v) is 2.31. The molecule has 4 heteroatoms. The van der Waals surface area contributed by atoms with E-state index in [9.17, 15) is 4.79 Å². The van der Waals surface area contributed by atoms with Crippen molar-refractivity contribution in [3.8, 4) is 0 Å². The highest BCUT2D eigenvalue weighted by Crippen LogP contribution is 2.12. The zero-order valence-electron chi connectivity index (χ0n) is 14.5. The van der Waals surface area contributed by atoms with Crippen LogP contribution in [0.3, 0.4) is 0 Å². The average Bonchev–Trinajstić information content (AvgIpc) is 2.52. The molecule has 0 aliphatic heterocycles. The molecule has 0 saturated carbocycles. The molecule has 0 amide bonds. The van der Waals surface area contributed by atoms with Crippen LogP contribution >= 0.6 is 11.6 Å². The Hall–Kier alpha value is -0.280. The van der Waals surface area contributed by atoms with Gasteiger partial charge in [-0.1, -0.05) is 90.4 Å². The van der Waals surface area contributed by atoms with Crippen molar-refractivity contribution in [2.24, 2.45) is 0 Å². The van der Waals surface area contributed by atoms with E-state index < -0.39 is 5.97 Å². The summed E-state index contributed by atoms with van der Waals surface area (Å²) in [6.07, 6.45) is 19.2. The Balaban J connectivity index is 0. The van der Waals surface area contributed by atoms with Crippen LogP contribution < -0.4 is 0 Å². The SMILES string of the molecule is CCCCCCCCCCCCCCCCO.O=C(O)CCl. The van der Waals surface area contributed by atoms with Gasteiger partial charge in [0.1, 0.15) is 5.88 Å². The Morgan fingerprint density at radius 3 is 1.23 bits per heavy atom. The van der Waals surface area contributed by atoms with E-state index >= 15 is 0 Å². The van der Waals surface area contributed by atoms with E-state index in [0.717, 1.165) is 6.42 Å². The zero-order valence-corrected chi connectivity index (χ0v) is 15.3. The second kappa shape index (κ2) is 23.0. The van der Waals surface area contributed by atoms with Gasteiger partial charge in [-0.05, 0) is 6.42 Å². The number of hydrogen-bond acceptors (Lipinski definition) is 2. The van der Waals surface area contributed by atoms with Crippen LogP contribution in [0.4, 0.5) is 0 Å². The molecule has 0 fully saturated rings. The number of carboxylic acid groups (broad SMARTS) is 1. The minimum absolute atomic E-state index is 0.306. The van der Waals surface area contributed by atoms with E-state index in [4.69, 9.17) is 21.8 Å². The highest BCUT2D eigenvalue weighted by atomic mass is 35.5. The van der Waals surface area contributed by atoms with E-state index in [2.05, 4.69) is 6.92 Å². The number of carboxylic acids is 1. The van der Waals surface area contributed by atoms with Crippen molar-refractivity contribution in [1.29, 1.82) is 0 Å². The summed E-state index contributed by atoms with van der Waals surface area (Å²) in [4.78, 5) is 9.24. The Bertz CT molecular complexity index is 197. The van der Waals surface area contributed by atoms with Crippen molar-refractivity contribution in [2.75, 3.05) is 12.5 Å². The Morgan fingerprint density at radius 1 is 0.727 bits per heavy atom. The normalized spacial score (nSPS) is 10.1. The Kier molecular flexibility index (Phi) is 25.1. The summed E-state index contributed by atoms with van der Waals surface area (Å²) >= 11 is 4.74. The van der Waals surface area contributed by atoms with Crippen molar-refractivity contribution < 1.29 is 15.0 Å². The zero-order chi connectivity index (χ0) is 16.9. The lowest BCUT2D eigenvalue weighted by Crippen LogP contribution is -1.92. The van der Waals surface area contributed by atoms with Crippen LogP contribution in [0.2, 0.25) is 0 Å². The van der Waals surface area contributed by atoms with Crippen LogP contribution in [0.25, 0.3) is 0 Å². The van der Waals surface area contributed by atoms with Gasteiger partial charge in [-0.3, -0.25) is 4.79 Å². The molecule has 22 heavy (non-hydrogen) atoms. The summed E-state index contributed by atoms with van der Waals surface area (Å²) in [5, 5.41) is 16.2. The number of aliphatic hydroxyl groups is 1. The van der Waals surface area contributed by atoms with Crippen LogP contribution in [0.1, 0.15) is 96.8 Å². The molecule has 134 valence electrons. The average molecular weight is 337 g/mol. The number of aliphatic carboxylic acids is 1. The first kappa shape index (κ1) is 24.0. The Labute approximate surface area is 142 Å². The summed E-state index contributed by atoms with van der Waals surface area (Å²) in [6, 6.07) is 0. The molecule has 0 rings (SSSR count). The van der Waals surface area contributed by atoms with Gasteiger partial charge in [0, 0.05) is 6.61 Å². The molecular weight excluding hydrogens is 300 g/mol. The summed E-state index contributed by atoms with van der Waals surface area (Å²) < 4.78 is 0. The van der Waals surface area contributed by atoms with Gasteiger partial charge < -0.3 is 10.2 Å². The largest absolute Gasteiger partial charge is 0.480 e. The summed E-state index contributed by atoms with van der Waals surface area (Å²) in [5.41, 5.74) is 0. The second-order valence-electron chi connectivity index (χ2n) is 5.85. The minimum Gasteiger partial charge on any atom is -0.480 e. The predicted octanol–water partition coefficient (Wildman–Crippen LogP) is 5.77. The monoisotopic (exact) mass is 336 g/mol. The van der Waals surface area contributed by atoms with Gasteiger partial charge >= 0.3 is 5.97 Å². The van der Waals surface area contributed by atoms with Gasteiger partial charge in [-0.2, -0.15) is 0 Å². The first-order valence-corrected chi connectivity index (χ1v) is 9.61. The molecule has 0 spiro atoms. The molecule has 0 saturated heterocycles. The van der Waals surface area contributed by atoms with Crippen LogP contribution in [0.5, 0.6) is 0 Å². The maximum absolute atomic E-state index is 9.24. The third-order valence-electron chi connectivity index (χ3n) is 3.63. The molecule has 2 N–H and O–H groups in total. The molecule has 0 unspecified atom stereocenters. The van der Waals surface area contributed by atoms with Crippen molar-refractivity contribution in [3.05, 3.63) is 0 Å². The number of aliphatic hydroxyl groups excluding tert-OH is 1. The third kappa shape index (κ3) is 28.0. The standard InChI is InChI=1S/C16H34O.C2H3ClO2/c1-2-3-4-5-6-7-8-9-10-11-12-13-14-15-16-17;3-1-2(4)5/h17H,2-16H2,1H3;1H2,(H,4,5). The molecule has 0 aromatic rings. The lowest BCUT2D eigenvalue weighted by Gasteiger charge is -2.02. The van der Waals surface area contributed by atoms with Gasteiger partial charge in [0.25, 0.3) is 0 Å². The van der Waals surface area contributed by atoms with Crippen molar-refractivity contribution in [2.45, 2.75) is 96.8 Å². The fourth-order valence-electron chi connectivity index (χ4n) is 2.31. The molecule has 0 aromatic carbocycles. The highest BCUT2D eigenvalue weighted by molar-refractivity contribution is 6.26. The van der Waals surface area contributed by atoms with Crippen LogP contribution in [0, 0.1) is 0 Å². The molecule has 0 bridgehead atoms. The van der Waals surface area contributed by atoms with Crippen molar-refractivity contribution in [1.82, 2.24) is 0 Å². The molecule has 0 aliphatic carbocycles. The number of unbranched alkanes of at least 4 members (excludes halogenated alkanes) is 13. The van der Waals surface area contributed by atoms with E-state index in [1.54, 1.807) is 0 Å². The van der Waals surface area contributed by atoms with Gasteiger partial charge in [0.05, 0.1) is 0 Å². The lowest BCUT2D eigenvalue weighted by atomic mass is 10.0. The van der Waals surface area contributed by atoms with Crippen LogP contribution in [0.15, 0.2) is 0 Å². The van der Waals surface area contributed by atoms with Crippen molar-refractivity contribution in [3.63, 3.8) is 0 Å². The smallest absolute Gasteiger partial charge is 0.318 e. The maximum atomic E-state index is 9.24. The predicted molar refractivity (Wildman–Crippen MR) is 95.8 cm³/mol. The van der Waals surface area contributed by atoms with Gasteiger partial charge in [-0.15, -0.1) is 11.6 Å². The quantitative estimate of drug-likeness (QED) is 0.295. The van der Waals surface area contributed by atoms with E-state index in [1.807, 2.05) is 0 Å². The first-order chi connectivity index (χ1) is 10.7. The number of carbonyl (C=O) groups is 1. The number of halogens is 1. The van der Waals surface area contributed by atoms with E-state index in [-0.39, 0.29) is 5.88 Å². The van der Waals surface area contributed by atoms with E-state index in [1.165, 1.54) is 83.5 Å². The molecule has 0 radical (unpaired) electrons. The lowest BCUT2D eigenvalue weighted by molar-refractivity contribution is -0.134. The topological polar surface area (TPSA) is 57.5 Å². The van der Waals surface area contributed by atoms with Gasteiger partial charge in [-0.25, -0.2) is 0 Å². The minimum atomic E-state index is -0.980. The number of alkyl halides is 1. The van der Waals surface area contributed by atoms with Crippen LogP contribution in [-0.4, -0.2) is 28.7 Å². The highest BCUT2D eigenvalue weighted by Gasteiger charge is 1.93. The van der Waals surface area contributed by atoms with Crippen molar-refractivity contribution >= 4 is 17.6 Å². The summed E-state index contributed by atoms with van der Waals surface area (Å²) in [7, 11) is 0. The molecular formula is C18H37ClO3. The second-order valence-corrected chi connectivity index (χ2v) is 6.11. The molecule has 0 aliphatic rings. The van der Waals surface area contributed by atoms with E-state index in [0.29, 0.717) is 6.61 Å². The first-order valence-electron chi connectivity index (χ1n) is 9.07. The maximum Gasteiger partial charge on any atom is 0.318 e. The molecule has 0 aromatic heterocycles.